The molecule has 1 saturated carbocycles. The Bertz CT molecular complexity index is 532. The molecule has 0 saturated heterocycles. The van der Waals surface area contributed by atoms with E-state index in [1.54, 1.807) is 0 Å². The van der Waals surface area contributed by atoms with E-state index >= 15 is 0 Å². The fraction of sp³-hybridized carbons (Fsp3) is 0.467. The number of nitrogens with zero attached hydrogens (tertiary/aromatic N) is 2. The maximum atomic E-state index is 4.76. The summed E-state index contributed by atoms with van der Waals surface area (Å²) in [5.41, 5.74) is 2.35. The summed E-state index contributed by atoms with van der Waals surface area (Å²) >= 11 is 1.84. The summed E-state index contributed by atoms with van der Waals surface area (Å²) in [7, 11) is 0. The Kier molecular flexibility index (Phi) is 3.89. The van der Waals surface area contributed by atoms with Crippen molar-refractivity contribution in [2.24, 2.45) is 0 Å². The normalized spacial score (nSPS) is 14.8. The standard InChI is InChI=1S/C15H19N3S/c1-2-13-14(10-17-11-6-7-11)19-15(18-13)9-12-5-3-4-8-16-12/h3-5,8,11,17H,2,6-7,9-10H2,1H3. The van der Waals surface area contributed by atoms with Crippen molar-refractivity contribution in [3.63, 3.8) is 0 Å². The lowest BCUT2D eigenvalue weighted by Gasteiger charge is -2.00. The molecule has 19 heavy (non-hydrogen) atoms. The van der Waals surface area contributed by atoms with Crippen LogP contribution < -0.4 is 5.32 Å². The molecule has 1 aliphatic rings. The van der Waals surface area contributed by atoms with Crippen LogP contribution in [0, 0.1) is 0 Å². The Balaban J connectivity index is 1.70. The first kappa shape index (κ1) is 12.8. The van der Waals surface area contributed by atoms with Crippen molar-refractivity contribution in [1.82, 2.24) is 15.3 Å². The van der Waals surface area contributed by atoms with E-state index < -0.39 is 0 Å². The molecular weight excluding hydrogens is 254 g/mol. The van der Waals surface area contributed by atoms with E-state index in [4.69, 9.17) is 4.98 Å². The van der Waals surface area contributed by atoms with Gasteiger partial charge < -0.3 is 5.32 Å². The Morgan fingerprint density at radius 1 is 1.37 bits per heavy atom. The lowest BCUT2D eigenvalue weighted by molar-refractivity contribution is 0.689. The molecule has 0 atom stereocenters. The number of thiazole rings is 1. The van der Waals surface area contributed by atoms with Gasteiger partial charge in [0.15, 0.2) is 0 Å². The summed E-state index contributed by atoms with van der Waals surface area (Å²) in [6, 6.07) is 6.81. The zero-order valence-electron chi connectivity index (χ0n) is 11.2. The van der Waals surface area contributed by atoms with Crippen LogP contribution in [0.25, 0.3) is 0 Å². The quantitative estimate of drug-likeness (QED) is 0.879. The summed E-state index contributed by atoms with van der Waals surface area (Å²) in [5, 5.41) is 4.76. The molecule has 0 radical (unpaired) electrons. The first-order chi connectivity index (χ1) is 9.35. The Morgan fingerprint density at radius 2 is 2.26 bits per heavy atom. The van der Waals surface area contributed by atoms with E-state index in [9.17, 15) is 0 Å². The Hall–Kier alpha value is -1.26. The fourth-order valence-corrected chi connectivity index (χ4v) is 3.23. The molecule has 1 aliphatic carbocycles. The van der Waals surface area contributed by atoms with E-state index in [1.807, 2.05) is 29.7 Å². The topological polar surface area (TPSA) is 37.8 Å². The van der Waals surface area contributed by atoms with E-state index in [0.717, 1.165) is 31.1 Å². The van der Waals surface area contributed by atoms with Crippen LogP contribution in [0.2, 0.25) is 0 Å². The van der Waals surface area contributed by atoms with Crippen LogP contribution in [0.5, 0.6) is 0 Å². The van der Waals surface area contributed by atoms with Crippen LogP contribution in [0.4, 0.5) is 0 Å². The molecule has 0 aromatic carbocycles. The van der Waals surface area contributed by atoms with Crippen molar-refractivity contribution in [1.29, 1.82) is 0 Å². The van der Waals surface area contributed by atoms with Crippen LogP contribution in [-0.2, 0) is 19.4 Å². The first-order valence-corrected chi connectivity index (χ1v) is 7.77. The SMILES string of the molecule is CCc1nc(Cc2ccccn2)sc1CNC1CC1. The van der Waals surface area contributed by atoms with Gasteiger partial charge >= 0.3 is 0 Å². The molecule has 3 rings (SSSR count). The number of pyridine rings is 1. The highest BCUT2D eigenvalue weighted by atomic mass is 32.1. The summed E-state index contributed by atoms with van der Waals surface area (Å²) in [5.74, 6) is 0. The summed E-state index contributed by atoms with van der Waals surface area (Å²) in [6.07, 6.45) is 6.38. The molecule has 0 spiro atoms. The van der Waals surface area contributed by atoms with Gasteiger partial charge in [0.05, 0.1) is 10.7 Å². The van der Waals surface area contributed by atoms with E-state index in [2.05, 4.69) is 23.3 Å². The van der Waals surface area contributed by atoms with Crippen LogP contribution in [0.3, 0.4) is 0 Å². The predicted molar refractivity (Wildman–Crippen MR) is 78.4 cm³/mol. The van der Waals surface area contributed by atoms with Crippen LogP contribution in [0.15, 0.2) is 24.4 Å². The Morgan fingerprint density at radius 3 is 2.95 bits per heavy atom. The molecule has 0 aliphatic heterocycles. The largest absolute Gasteiger partial charge is 0.309 e. The van der Waals surface area contributed by atoms with Gasteiger partial charge in [-0.15, -0.1) is 11.3 Å². The molecule has 2 aromatic heterocycles. The maximum absolute atomic E-state index is 4.76. The number of aromatic nitrogens is 2. The number of aryl methyl sites for hydroxylation is 1. The molecule has 0 bridgehead atoms. The average Bonchev–Trinajstić information content (AvgIpc) is 3.19. The van der Waals surface area contributed by atoms with Crippen molar-refractivity contribution in [3.8, 4) is 0 Å². The number of nitrogens with one attached hydrogen (secondary N) is 1. The second-order valence-electron chi connectivity index (χ2n) is 4.98. The zero-order valence-corrected chi connectivity index (χ0v) is 12.0. The second kappa shape index (κ2) is 5.80. The van der Waals surface area contributed by atoms with Gasteiger partial charge in [-0.2, -0.15) is 0 Å². The van der Waals surface area contributed by atoms with Gasteiger partial charge in [-0.1, -0.05) is 13.0 Å². The van der Waals surface area contributed by atoms with Gasteiger partial charge in [-0.05, 0) is 31.4 Å². The summed E-state index contributed by atoms with van der Waals surface area (Å²) in [4.78, 5) is 10.5. The van der Waals surface area contributed by atoms with Crippen LogP contribution in [0.1, 0.15) is 41.0 Å². The monoisotopic (exact) mass is 273 g/mol. The van der Waals surface area contributed by atoms with Gasteiger partial charge in [-0.25, -0.2) is 4.98 Å². The minimum absolute atomic E-state index is 0.756. The molecule has 0 amide bonds. The molecule has 2 aromatic rings. The zero-order chi connectivity index (χ0) is 13.1. The number of hydrogen-bond donors (Lipinski definition) is 1. The van der Waals surface area contributed by atoms with E-state index in [0.29, 0.717) is 0 Å². The average molecular weight is 273 g/mol. The molecule has 3 nitrogen and oxygen atoms in total. The highest BCUT2D eigenvalue weighted by Gasteiger charge is 2.21. The highest BCUT2D eigenvalue weighted by molar-refractivity contribution is 7.11. The lowest BCUT2D eigenvalue weighted by atomic mass is 10.2. The molecular formula is C15H19N3S. The minimum Gasteiger partial charge on any atom is -0.309 e. The third-order valence-electron chi connectivity index (χ3n) is 3.34. The smallest absolute Gasteiger partial charge is 0.0991 e. The van der Waals surface area contributed by atoms with Gasteiger partial charge in [0, 0.05) is 35.8 Å². The molecule has 2 heterocycles. The van der Waals surface area contributed by atoms with Crippen molar-refractivity contribution in [3.05, 3.63) is 45.7 Å². The number of hydrogen-bond acceptors (Lipinski definition) is 4. The Labute approximate surface area is 118 Å². The minimum atomic E-state index is 0.756. The fourth-order valence-electron chi connectivity index (χ4n) is 2.11. The summed E-state index contributed by atoms with van der Waals surface area (Å²) < 4.78 is 0. The summed E-state index contributed by atoms with van der Waals surface area (Å²) in [6.45, 7) is 3.16. The van der Waals surface area contributed by atoms with E-state index in [1.165, 1.54) is 28.4 Å². The van der Waals surface area contributed by atoms with Crippen LogP contribution >= 0.6 is 11.3 Å². The third-order valence-corrected chi connectivity index (χ3v) is 4.44. The second-order valence-corrected chi connectivity index (χ2v) is 6.15. The first-order valence-electron chi connectivity index (χ1n) is 6.96. The lowest BCUT2D eigenvalue weighted by Crippen LogP contribution is -2.15. The highest BCUT2D eigenvalue weighted by Crippen LogP contribution is 2.24. The maximum Gasteiger partial charge on any atom is 0.0991 e. The molecule has 1 N–H and O–H groups in total. The number of rotatable bonds is 6. The van der Waals surface area contributed by atoms with Gasteiger partial charge in [-0.3, -0.25) is 4.98 Å². The van der Waals surface area contributed by atoms with Gasteiger partial charge in [0.2, 0.25) is 0 Å². The van der Waals surface area contributed by atoms with Gasteiger partial charge in [0.1, 0.15) is 0 Å². The molecule has 1 fully saturated rings. The van der Waals surface area contributed by atoms with Gasteiger partial charge in [0.25, 0.3) is 0 Å². The van der Waals surface area contributed by atoms with Crippen LogP contribution in [-0.4, -0.2) is 16.0 Å². The molecule has 100 valence electrons. The van der Waals surface area contributed by atoms with Crippen molar-refractivity contribution in [2.75, 3.05) is 0 Å². The van der Waals surface area contributed by atoms with Crippen molar-refractivity contribution >= 4 is 11.3 Å². The van der Waals surface area contributed by atoms with E-state index in [-0.39, 0.29) is 0 Å². The molecule has 4 heteroatoms. The van der Waals surface area contributed by atoms with Crippen molar-refractivity contribution in [2.45, 2.75) is 45.2 Å². The predicted octanol–water partition coefficient (Wildman–Crippen LogP) is 2.94. The third kappa shape index (κ3) is 3.39. The molecule has 0 unspecified atom stereocenters. The van der Waals surface area contributed by atoms with Crippen molar-refractivity contribution < 1.29 is 0 Å².